The van der Waals surface area contributed by atoms with Crippen LogP contribution in [0.3, 0.4) is 0 Å². The van der Waals surface area contributed by atoms with Gasteiger partial charge in [-0.3, -0.25) is 4.79 Å². The second-order valence-electron chi connectivity index (χ2n) is 4.85. The summed E-state index contributed by atoms with van der Waals surface area (Å²) in [5, 5.41) is 5.88. The second-order valence-corrected chi connectivity index (χ2v) is 5.71. The summed E-state index contributed by atoms with van der Waals surface area (Å²) >= 11 is 1.49. The molecule has 0 bridgehead atoms. The fourth-order valence-electron chi connectivity index (χ4n) is 1.48. The number of rotatable bonds is 10. The van der Waals surface area contributed by atoms with Gasteiger partial charge >= 0.3 is 5.97 Å². The van der Waals surface area contributed by atoms with Crippen molar-refractivity contribution in [3.05, 3.63) is 11.1 Å². The highest BCUT2D eigenvalue weighted by Gasteiger charge is 2.07. The van der Waals surface area contributed by atoms with Crippen LogP contribution in [-0.2, 0) is 20.7 Å². The van der Waals surface area contributed by atoms with Crippen molar-refractivity contribution in [3.8, 4) is 0 Å². The number of aromatic nitrogens is 1. The number of anilines is 1. The molecule has 1 rings (SSSR count). The Morgan fingerprint density at radius 2 is 2.25 bits per heavy atom. The Hall–Kier alpha value is -1.14. The monoisotopic (exact) mass is 300 g/mol. The first kappa shape index (κ1) is 16.9. The van der Waals surface area contributed by atoms with E-state index >= 15 is 0 Å². The maximum Gasteiger partial charge on any atom is 0.311 e. The van der Waals surface area contributed by atoms with Crippen molar-refractivity contribution in [1.82, 2.24) is 4.98 Å². The summed E-state index contributed by atoms with van der Waals surface area (Å²) in [7, 11) is 0. The Morgan fingerprint density at radius 3 is 2.95 bits per heavy atom. The average Bonchev–Trinajstić information content (AvgIpc) is 2.81. The maximum atomic E-state index is 11.3. The Kier molecular flexibility index (Phi) is 8.22. The van der Waals surface area contributed by atoms with E-state index in [9.17, 15) is 4.79 Å². The Labute approximate surface area is 124 Å². The number of carbonyl (C=O) groups excluding carboxylic acids is 1. The van der Waals surface area contributed by atoms with Gasteiger partial charge in [-0.25, -0.2) is 4.98 Å². The van der Waals surface area contributed by atoms with E-state index < -0.39 is 0 Å². The number of hydrogen-bond donors (Lipinski definition) is 1. The minimum atomic E-state index is -0.235. The van der Waals surface area contributed by atoms with Crippen LogP contribution in [0.25, 0.3) is 0 Å². The van der Waals surface area contributed by atoms with Crippen LogP contribution < -0.4 is 5.32 Å². The zero-order chi connectivity index (χ0) is 14.8. The van der Waals surface area contributed by atoms with Crippen LogP contribution in [0.4, 0.5) is 5.13 Å². The van der Waals surface area contributed by atoms with E-state index in [0.717, 1.165) is 30.4 Å². The molecule has 1 aromatic rings. The minimum absolute atomic E-state index is 0.233. The third-order valence-corrected chi connectivity index (χ3v) is 3.39. The third kappa shape index (κ3) is 7.45. The lowest BCUT2D eigenvalue weighted by molar-refractivity contribution is -0.142. The number of thiazole rings is 1. The number of hydrogen-bond acceptors (Lipinski definition) is 6. The molecule has 20 heavy (non-hydrogen) atoms. The van der Waals surface area contributed by atoms with Gasteiger partial charge < -0.3 is 14.8 Å². The van der Waals surface area contributed by atoms with Crippen molar-refractivity contribution in [2.75, 3.05) is 31.7 Å². The highest BCUT2D eigenvalue weighted by molar-refractivity contribution is 7.13. The molecule has 0 saturated carbocycles. The molecule has 0 aromatic carbocycles. The van der Waals surface area contributed by atoms with Gasteiger partial charge in [0, 0.05) is 18.5 Å². The van der Waals surface area contributed by atoms with Gasteiger partial charge in [-0.05, 0) is 19.3 Å². The Bertz CT molecular complexity index is 394. The second kappa shape index (κ2) is 9.72. The van der Waals surface area contributed by atoms with Crippen LogP contribution in [0.1, 0.15) is 32.9 Å². The lowest BCUT2D eigenvalue weighted by Gasteiger charge is -2.06. The molecule has 5 nitrogen and oxygen atoms in total. The maximum absolute atomic E-state index is 11.3. The SMILES string of the molecule is CCOC(=O)Cc1csc(NCCOCCC(C)C)n1. The highest BCUT2D eigenvalue weighted by Crippen LogP contribution is 2.15. The Morgan fingerprint density at radius 1 is 1.45 bits per heavy atom. The van der Waals surface area contributed by atoms with Gasteiger partial charge in [0.25, 0.3) is 0 Å². The van der Waals surface area contributed by atoms with E-state index in [4.69, 9.17) is 9.47 Å². The smallest absolute Gasteiger partial charge is 0.311 e. The predicted molar refractivity (Wildman–Crippen MR) is 81.2 cm³/mol. The van der Waals surface area contributed by atoms with Gasteiger partial charge in [-0.1, -0.05) is 13.8 Å². The molecule has 6 heteroatoms. The molecule has 0 radical (unpaired) electrons. The van der Waals surface area contributed by atoms with Crippen molar-refractivity contribution in [3.63, 3.8) is 0 Å². The van der Waals surface area contributed by atoms with E-state index in [1.54, 1.807) is 6.92 Å². The predicted octanol–water partition coefficient (Wildman–Crippen LogP) is 2.72. The molecular formula is C14H24N2O3S. The summed E-state index contributed by atoms with van der Waals surface area (Å²) in [5.74, 6) is 0.439. The molecule has 0 unspecified atom stereocenters. The van der Waals surface area contributed by atoms with E-state index in [0.29, 0.717) is 19.1 Å². The minimum Gasteiger partial charge on any atom is -0.466 e. The summed E-state index contributed by atoms with van der Waals surface area (Å²) < 4.78 is 10.4. The topological polar surface area (TPSA) is 60.5 Å². The first-order valence-electron chi connectivity index (χ1n) is 7.03. The molecule has 0 aliphatic carbocycles. The van der Waals surface area contributed by atoms with E-state index in [1.165, 1.54) is 11.3 Å². The van der Waals surface area contributed by atoms with Gasteiger partial charge in [-0.15, -0.1) is 11.3 Å². The van der Waals surface area contributed by atoms with Crippen molar-refractivity contribution in [2.24, 2.45) is 5.92 Å². The molecule has 0 spiro atoms. The summed E-state index contributed by atoms with van der Waals surface area (Å²) in [6.45, 7) is 8.76. The van der Waals surface area contributed by atoms with Crippen LogP contribution in [0, 0.1) is 5.92 Å². The molecule has 0 atom stereocenters. The summed E-state index contributed by atoms with van der Waals surface area (Å²) in [6.07, 6.45) is 1.32. The molecule has 1 heterocycles. The van der Waals surface area contributed by atoms with Crippen LogP contribution >= 0.6 is 11.3 Å². The fourth-order valence-corrected chi connectivity index (χ4v) is 2.22. The zero-order valence-electron chi connectivity index (χ0n) is 12.5. The largest absolute Gasteiger partial charge is 0.466 e. The number of nitrogens with one attached hydrogen (secondary N) is 1. The fraction of sp³-hybridized carbons (Fsp3) is 0.714. The van der Waals surface area contributed by atoms with E-state index in [1.807, 2.05) is 5.38 Å². The summed E-state index contributed by atoms with van der Waals surface area (Å²) in [6, 6.07) is 0. The first-order valence-corrected chi connectivity index (χ1v) is 7.91. The average molecular weight is 300 g/mol. The summed E-state index contributed by atoms with van der Waals surface area (Å²) in [4.78, 5) is 15.6. The Balaban J connectivity index is 2.15. The molecule has 0 aliphatic rings. The number of ether oxygens (including phenoxy) is 2. The summed E-state index contributed by atoms with van der Waals surface area (Å²) in [5.41, 5.74) is 0.747. The molecule has 0 amide bonds. The molecule has 0 aliphatic heterocycles. The van der Waals surface area contributed by atoms with Gasteiger partial charge in [0.05, 0.1) is 25.3 Å². The normalized spacial score (nSPS) is 10.8. The molecule has 1 N–H and O–H groups in total. The molecular weight excluding hydrogens is 276 g/mol. The quantitative estimate of drug-likeness (QED) is 0.532. The van der Waals surface area contributed by atoms with Crippen molar-refractivity contribution < 1.29 is 14.3 Å². The van der Waals surface area contributed by atoms with Crippen LogP contribution in [0.5, 0.6) is 0 Å². The first-order chi connectivity index (χ1) is 9.61. The van der Waals surface area contributed by atoms with Crippen LogP contribution in [-0.4, -0.2) is 37.3 Å². The van der Waals surface area contributed by atoms with Crippen molar-refractivity contribution >= 4 is 22.4 Å². The highest BCUT2D eigenvalue weighted by atomic mass is 32.1. The molecule has 0 saturated heterocycles. The standard InChI is InChI=1S/C14H24N2O3S/c1-4-19-13(17)9-12-10-20-14(16-12)15-6-8-18-7-5-11(2)3/h10-11H,4-9H2,1-3H3,(H,15,16). The van der Waals surface area contributed by atoms with Gasteiger partial charge in [-0.2, -0.15) is 0 Å². The molecule has 114 valence electrons. The van der Waals surface area contributed by atoms with Crippen LogP contribution in [0.15, 0.2) is 5.38 Å². The van der Waals surface area contributed by atoms with Crippen LogP contribution in [0.2, 0.25) is 0 Å². The number of esters is 1. The molecule has 1 aromatic heterocycles. The molecule has 0 fully saturated rings. The lowest BCUT2D eigenvalue weighted by Crippen LogP contribution is -2.11. The van der Waals surface area contributed by atoms with E-state index in [-0.39, 0.29) is 12.4 Å². The number of nitrogens with zero attached hydrogens (tertiary/aromatic N) is 1. The zero-order valence-corrected chi connectivity index (χ0v) is 13.3. The van der Waals surface area contributed by atoms with Gasteiger partial charge in [0.15, 0.2) is 5.13 Å². The lowest BCUT2D eigenvalue weighted by atomic mass is 10.1. The third-order valence-electron chi connectivity index (χ3n) is 2.54. The van der Waals surface area contributed by atoms with Crippen molar-refractivity contribution in [2.45, 2.75) is 33.6 Å². The van der Waals surface area contributed by atoms with Gasteiger partial charge in [0.2, 0.25) is 0 Å². The van der Waals surface area contributed by atoms with E-state index in [2.05, 4.69) is 24.1 Å². The van der Waals surface area contributed by atoms with Crippen molar-refractivity contribution in [1.29, 1.82) is 0 Å². The van der Waals surface area contributed by atoms with Gasteiger partial charge in [0.1, 0.15) is 0 Å². The number of carbonyl (C=O) groups is 1.